The van der Waals surface area contributed by atoms with Gasteiger partial charge in [0.2, 0.25) is 0 Å². The first-order valence-electron chi connectivity index (χ1n) is 21.8. The van der Waals surface area contributed by atoms with Crippen molar-refractivity contribution in [3.05, 3.63) is 84.5 Å². The largest absolute Gasteiger partial charge is 0.445 e. The van der Waals surface area contributed by atoms with Crippen LogP contribution in [0.15, 0.2) is 78.9 Å². The number of amides is 1. The second kappa shape index (κ2) is 31.7. The lowest BCUT2D eigenvalue weighted by Gasteiger charge is -2.28. The Bertz CT molecular complexity index is 1070. The van der Waals surface area contributed by atoms with E-state index in [0.717, 1.165) is 44.1 Å². The Kier molecular flexibility index (Phi) is 27.8. The van der Waals surface area contributed by atoms with Crippen LogP contribution >= 0.6 is 0 Å². The maximum absolute atomic E-state index is 12.8. The Morgan fingerprint density at radius 2 is 1.04 bits per heavy atom. The Hall–Kier alpha value is -2.63. The molecule has 2 unspecified atom stereocenters. The molecule has 1 fully saturated rings. The van der Waals surface area contributed by atoms with Gasteiger partial charge in [0.1, 0.15) is 6.61 Å². The predicted octanol–water partition coefficient (Wildman–Crippen LogP) is 14.4. The van der Waals surface area contributed by atoms with E-state index in [-0.39, 0.29) is 24.9 Å². The molecule has 1 heterocycles. The van der Waals surface area contributed by atoms with Gasteiger partial charge in [-0.2, -0.15) is 0 Å². The maximum Gasteiger partial charge on any atom is 0.410 e. The molecule has 0 aromatic heterocycles. The molecule has 2 rings (SSSR count). The van der Waals surface area contributed by atoms with E-state index in [2.05, 4.69) is 62.5 Å². The standard InChI is InChI=1S/C48H79NO4/c1-5-7-9-11-13-15-17-19-21-23-25-27-29-31-36-40-45-46(41-37-32-30-28-26-24-22-20-18-16-14-12-10-8-6-2)53-48(3,52-45)43-49(4)47(50)51-42-44-38-34-33-35-39-44/h13-16,19-22,33-35,38-39,45-46H,5-12,17-18,23-32,36-37,40-43H2,1-4H3. The molecule has 1 aliphatic rings. The number of likely N-dealkylation sites (N-methyl/N-ethyl adjacent to an activating group) is 1. The zero-order valence-corrected chi connectivity index (χ0v) is 34.6. The zero-order chi connectivity index (χ0) is 38.1. The second-order valence-electron chi connectivity index (χ2n) is 15.4. The van der Waals surface area contributed by atoms with Crippen LogP contribution in [-0.2, 0) is 20.8 Å². The highest BCUT2D eigenvalue weighted by Gasteiger charge is 2.45. The van der Waals surface area contributed by atoms with Crippen molar-refractivity contribution in [3.63, 3.8) is 0 Å². The molecule has 0 aliphatic carbocycles. The van der Waals surface area contributed by atoms with E-state index >= 15 is 0 Å². The third-order valence-corrected chi connectivity index (χ3v) is 10.1. The Balaban J connectivity index is 1.71. The molecule has 2 atom stereocenters. The molecule has 1 aromatic carbocycles. The van der Waals surface area contributed by atoms with Crippen molar-refractivity contribution >= 4 is 6.09 Å². The normalized spacial score (nSPS) is 19.1. The smallest absolute Gasteiger partial charge is 0.410 e. The van der Waals surface area contributed by atoms with Crippen LogP contribution in [-0.4, -0.2) is 42.6 Å². The second-order valence-corrected chi connectivity index (χ2v) is 15.4. The monoisotopic (exact) mass is 734 g/mol. The van der Waals surface area contributed by atoms with Crippen LogP contribution in [0, 0.1) is 0 Å². The van der Waals surface area contributed by atoms with E-state index in [1.54, 1.807) is 11.9 Å². The molecule has 5 nitrogen and oxygen atoms in total. The van der Waals surface area contributed by atoms with Gasteiger partial charge in [0.05, 0.1) is 18.8 Å². The third-order valence-electron chi connectivity index (χ3n) is 10.1. The number of carbonyl (C=O) groups is 1. The molecule has 1 aliphatic heterocycles. The molecule has 0 saturated carbocycles. The summed E-state index contributed by atoms with van der Waals surface area (Å²) in [4.78, 5) is 14.4. The van der Waals surface area contributed by atoms with Gasteiger partial charge in [0.15, 0.2) is 5.79 Å². The summed E-state index contributed by atoms with van der Waals surface area (Å²) in [7, 11) is 1.77. The van der Waals surface area contributed by atoms with Gasteiger partial charge in [-0.05, 0) is 89.5 Å². The predicted molar refractivity (Wildman–Crippen MR) is 226 cm³/mol. The lowest BCUT2D eigenvalue weighted by molar-refractivity contribution is -0.170. The molecule has 1 aromatic rings. The van der Waals surface area contributed by atoms with Gasteiger partial charge in [-0.3, -0.25) is 0 Å². The number of hydrogen-bond donors (Lipinski definition) is 0. The Morgan fingerprint density at radius 1 is 0.623 bits per heavy atom. The quantitative estimate of drug-likeness (QED) is 0.0546. The Morgan fingerprint density at radius 3 is 1.49 bits per heavy atom. The van der Waals surface area contributed by atoms with E-state index in [9.17, 15) is 4.79 Å². The number of allylic oxidation sites excluding steroid dienone is 8. The molecule has 53 heavy (non-hydrogen) atoms. The minimum absolute atomic E-state index is 0.0672. The summed E-state index contributed by atoms with van der Waals surface area (Å²) in [6, 6.07) is 9.80. The minimum Gasteiger partial charge on any atom is -0.445 e. The van der Waals surface area contributed by atoms with Crippen LogP contribution in [0.5, 0.6) is 0 Å². The minimum atomic E-state index is -0.829. The lowest BCUT2D eigenvalue weighted by atomic mass is 9.99. The number of unbranched alkanes of at least 4 members (excludes halogenated alkanes) is 16. The number of ether oxygens (including phenoxy) is 3. The molecule has 0 N–H and O–H groups in total. The van der Waals surface area contributed by atoms with Crippen LogP contribution in [0.2, 0.25) is 0 Å². The zero-order valence-electron chi connectivity index (χ0n) is 34.6. The molecule has 5 heteroatoms. The summed E-state index contributed by atoms with van der Waals surface area (Å²) < 4.78 is 18.9. The fraction of sp³-hybridized carbons (Fsp3) is 0.688. The van der Waals surface area contributed by atoms with Gasteiger partial charge < -0.3 is 19.1 Å². The van der Waals surface area contributed by atoms with Crippen LogP contribution in [0.4, 0.5) is 4.79 Å². The van der Waals surface area contributed by atoms with Crippen LogP contribution < -0.4 is 0 Å². The van der Waals surface area contributed by atoms with E-state index in [1.165, 1.54) is 116 Å². The fourth-order valence-corrected chi connectivity index (χ4v) is 7.02. The number of hydrogen-bond acceptors (Lipinski definition) is 4. The first-order chi connectivity index (χ1) is 26.0. The molecule has 300 valence electrons. The highest BCUT2D eigenvalue weighted by atomic mass is 16.8. The van der Waals surface area contributed by atoms with E-state index < -0.39 is 5.79 Å². The van der Waals surface area contributed by atoms with Crippen molar-refractivity contribution in [2.75, 3.05) is 13.6 Å². The van der Waals surface area contributed by atoms with Crippen molar-refractivity contribution in [3.8, 4) is 0 Å². The Labute approximate surface area is 326 Å². The highest BCUT2D eigenvalue weighted by Crippen LogP contribution is 2.35. The molecule has 0 spiro atoms. The fourth-order valence-electron chi connectivity index (χ4n) is 7.02. The van der Waals surface area contributed by atoms with Gasteiger partial charge >= 0.3 is 6.09 Å². The van der Waals surface area contributed by atoms with Gasteiger partial charge in [0.25, 0.3) is 0 Å². The van der Waals surface area contributed by atoms with Crippen LogP contribution in [0.1, 0.15) is 180 Å². The molecule has 1 amide bonds. The van der Waals surface area contributed by atoms with E-state index in [0.29, 0.717) is 6.54 Å². The van der Waals surface area contributed by atoms with Crippen molar-refractivity contribution in [2.24, 2.45) is 0 Å². The number of rotatable bonds is 32. The first-order valence-corrected chi connectivity index (χ1v) is 21.8. The van der Waals surface area contributed by atoms with Gasteiger partial charge in [-0.25, -0.2) is 4.79 Å². The lowest BCUT2D eigenvalue weighted by Crippen LogP contribution is -2.43. The molecule has 1 saturated heterocycles. The van der Waals surface area contributed by atoms with Gasteiger partial charge in [0, 0.05) is 7.05 Å². The third kappa shape index (κ3) is 24.4. The molecule has 0 radical (unpaired) electrons. The SMILES string of the molecule is CCCCCC=CCC=CCCCCCCCC1OC(C)(CN(C)C(=O)OCc2ccccc2)OC1CCCCCCCC=CCC=CCCCCC. The van der Waals surface area contributed by atoms with Gasteiger partial charge in [-0.15, -0.1) is 0 Å². The number of nitrogens with zero attached hydrogens (tertiary/aromatic N) is 1. The summed E-state index contributed by atoms with van der Waals surface area (Å²) in [5, 5.41) is 0. The summed E-state index contributed by atoms with van der Waals surface area (Å²) >= 11 is 0. The average molecular weight is 734 g/mol. The average Bonchev–Trinajstić information content (AvgIpc) is 3.48. The summed E-state index contributed by atoms with van der Waals surface area (Å²) in [6.07, 6.45) is 47.6. The van der Waals surface area contributed by atoms with Crippen molar-refractivity contribution in [1.29, 1.82) is 0 Å². The van der Waals surface area contributed by atoms with Crippen LogP contribution in [0.25, 0.3) is 0 Å². The summed E-state index contributed by atoms with van der Waals surface area (Å²) in [5.74, 6) is -0.829. The van der Waals surface area contributed by atoms with E-state index in [1.807, 2.05) is 37.3 Å². The van der Waals surface area contributed by atoms with Crippen molar-refractivity contribution in [2.45, 2.75) is 199 Å². The topological polar surface area (TPSA) is 48.0 Å². The van der Waals surface area contributed by atoms with Crippen LogP contribution in [0.3, 0.4) is 0 Å². The van der Waals surface area contributed by atoms with E-state index in [4.69, 9.17) is 14.2 Å². The first kappa shape index (κ1) is 46.5. The van der Waals surface area contributed by atoms with Crippen molar-refractivity contribution < 1.29 is 19.0 Å². The molecular formula is C48H79NO4. The highest BCUT2D eigenvalue weighted by molar-refractivity contribution is 5.67. The number of carbonyl (C=O) groups excluding carboxylic acids is 1. The summed E-state index contributed by atoms with van der Waals surface area (Å²) in [6.45, 7) is 7.11. The van der Waals surface area contributed by atoms with Crippen molar-refractivity contribution in [1.82, 2.24) is 4.90 Å². The van der Waals surface area contributed by atoms with Gasteiger partial charge in [-0.1, -0.05) is 170 Å². The summed E-state index contributed by atoms with van der Waals surface area (Å²) in [5.41, 5.74) is 0.976. The molecule has 0 bridgehead atoms. The molecular weight excluding hydrogens is 655 g/mol. The maximum atomic E-state index is 12.8. The number of benzene rings is 1.